The van der Waals surface area contributed by atoms with Crippen LogP contribution in [-0.4, -0.2) is 11.3 Å². The predicted molar refractivity (Wildman–Crippen MR) is 72.1 cm³/mol. The molecule has 0 unspecified atom stereocenters. The first-order valence-corrected chi connectivity index (χ1v) is 6.68. The average molecular weight is 400 g/mol. The van der Waals surface area contributed by atoms with Gasteiger partial charge in [-0.25, -0.2) is 0 Å². The fourth-order valence-corrected chi connectivity index (χ4v) is 2.32. The van der Waals surface area contributed by atoms with Crippen LogP contribution in [0.2, 0.25) is 10.0 Å². The van der Waals surface area contributed by atoms with Gasteiger partial charge in [-0.15, -0.1) is 0 Å². The van der Waals surface area contributed by atoms with Crippen molar-refractivity contribution in [1.82, 2.24) is 0 Å². The summed E-state index contributed by atoms with van der Waals surface area (Å²) < 4.78 is 83.6. The fourth-order valence-electron chi connectivity index (χ4n) is 1.67. The summed E-state index contributed by atoms with van der Waals surface area (Å²) in [6.45, 7) is 0. The Labute approximate surface area is 138 Å². The van der Waals surface area contributed by atoms with Crippen LogP contribution >= 0.6 is 34.8 Å². The zero-order valence-electron chi connectivity index (χ0n) is 10.5. The summed E-state index contributed by atoms with van der Waals surface area (Å²) in [7, 11) is 0. The second kappa shape index (κ2) is 5.46. The predicted octanol–water partition coefficient (Wildman–Crippen LogP) is 5.66. The van der Waals surface area contributed by atoms with Gasteiger partial charge in [0, 0.05) is 11.1 Å². The normalized spacial score (nSPS) is 13.6. The van der Waals surface area contributed by atoms with Crippen LogP contribution in [0.25, 0.3) is 11.0 Å². The second-order valence-corrected chi connectivity index (χ2v) is 5.70. The molecule has 0 spiro atoms. The van der Waals surface area contributed by atoms with Crippen LogP contribution in [0.1, 0.15) is 5.76 Å². The smallest absolute Gasteiger partial charge is 0.394 e. The molecule has 126 valence electrons. The van der Waals surface area contributed by atoms with E-state index in [0.29, 0.717) is 0 Å². The van der Waals surface area contributed by atoms with Crippen LogP contribution in [0.4, 0.5) is 26.3 Å². The summed E-state index contributed by atoms with van der Waals surface area (Å²) in [6, 6.07) is 1.93. The van der Waals surface area contributed by atoms with Crippen molar-refractivity contribution < 1.29 is 30.8 Å². The van der Waals surface area contributed by atoms with Crippen LogP contribution in [0, 0.1) is 0 Å². The van der Waals surface area contributed by atoms with Gasteiger partial charge in [-0.2, -0.15) is 26.3 Å². The van der Waals surface area contributed by atoms with Crippen LogP contribution in [0.5, 0.6) is 0 Å². The van der Waals surface area contributed by atoms with Crippen LogP contribution in [-0.2, 0) is 5.92 Å². The highest BCUT2D eigenvalue weighted by molar-refractivity contribution is 6.38. The maximum absolute atomic E-state index is 13.7. The molecule has 0 aliphatic rings. The summed E-state index contributed by atoms with van der Waals surface area (Å²) in [5.74, 6) is -13.6. The molecular formula is C12H3Cl3F6O2. The molecule has 2 nitrogen and oxygen atoms in total. The van der Waals surface area contributed by atoms with E-state index < -0.39 is 39.0 Å². The van der Waals surface area contributed by atoms with E-state index in [2.05, 4.69) is 16.0 Å². The molecule has 2 rings (SSSR count). The molecule has 0 N–H and O–H groups in total. The summed E-state index contributed by atoms with van der Waals surface area (Å²) in [5.41, 5.74) is -1.93. The van der Waals surface area contributed by atoms with Gasteiger partial charge in [0.25, 0.3) is 0 Å². The van der Waals surface area contributed by atoms with E-state index in [1.807, 2.05) is 0 Å². The third-order valence-corrected chi connectivity index (χ3v) is 3.54. The largest absolute Gasteiger partial charge is 0.453 e. The van der Waals surface area contributed by atoms with Crippen molar-refractivity contribution in [2.45, 2.75) is 17.2 Å². The molecule has 0 aliphatic carbocycles. The summed E-state index contributed by atoms with van der Waals surface area (Å²) in [6.07, 6.45) is 0. The summed E-state index contributed by atoms with van der Waals surface area (Å²) in [4.78, 5) is 11.8. The Balaban J connectivity index is 2.77. The average Bonchev–Trinajstić information content (AvgIpc) is 2.38. The van der Waals surface area contributed by atoms with Gasteiger partial charge in [0.1, 0.15) is 0 Å². The minimum absolute atomic E-state index is 0.0491. The first-order chi connectivity index (χ1) is 10.3. The Bertz CT molecular complexity index is 828. The standard InChI is InChI=1S/C12H3Cl3F6O2/c13-4-1-5-7(22)3-8(23-9(5)6(14)2-4)10(16,17)11(18,19)12(15,20)21/h1-3H. The zero-order valence-corrected chi connectivity index (χ0v) is 12.7. The molecule has 0 aliphatic heterocycles. The van der Waals surface area contributed by atoms with Crippen LogP contribution in [0.3, 0.4) is 0 Å². The molecule has 23 heavy (non-hydrogen) atoms. The Hall–Kier alpha value is -1.12. The topological polar surface area (TPSA) is 30.2 Å². The maximum Gasteiger partial charge on any atom is 0.394 e. The third-order valence-electron chi connectivity index (χ3n) is 2.81. The molecule has 1 aromatic carbocycles. The second-order valence-electron chi connectivity index (χ2n) is 4.39. The quantitative estimate of drug-likeness (QED) is 0.493. The molecule has 0 saturated carbocycles. The molecule has 11 heteroatoms. The van der Waals surface area contributed by atoms with Gasteiger partial charge in [0.05, 0.1) is 10.4 Å². The first kappa shape index (κ1) is 18.2. The molecule has 0 saturated heterocycles. The highest BCUT2D eigenvalue weighted by Gasteiger charge is 2.73. The summed E-state index contributed by atoms with van der Waals surface area (Å²) >= 11 is 15.3. The lowest BCUT2D eigenvalue weighted by Crippen LogP contribution is -2.49. The lowest BCUT2D eigenvalue weighted by Gasteiger charge is -2.28. The molecule has 0 radical (unpaired) electrons. The van der Waals surface area contributed by atoms with Crippen LogP contribution in [0.15, 0.2) is 27.4 Å². The molecule has 0 atom stereocenters. The zero-order chi connectivity index (χ0) is 17.8. The van der Waals surface area contributed by atoms with Gasteiger partial charge in [-0.05, 0) is 23.7 Å². The number of benzene rings is 1. The first-order valence-electron chi connectivity index (χ1n) is 5.55. The maximum atomic E-state index is 13.7. The van der Waals surface area contributed by atoms with E-state index in [9.17, 15) is 31.1 Å². The van der Waals surface area contributed by atoms with Crippen molar-refractivity contribution in [3.05, 3.63) is 44.2 Å². The van der Waals surface area contributed by atoms with Gasteiger partial charge in [0.2, 0.25) is 0 Å². The Kier molecular flexibility index (Phi) is 4.32. The van der Waals surface area contributed by atoms with Crippen molar-refractivity contribution in [2.75, 3.05) is 0 Å². The number of alkyl halides is 7. The number of fused-ring (bicyclic) bond motifs is 1. The molecule has 1 heterocycles. The monoisotopic (exact) mass is 398 g/mol. The number of hydrogen-bond acceptors (Lipinski definition) is 2. The van der Waals surface area contributed by atoms with Crippen molar-refractivity contribution in [3.63, 3.8) is 0 Å². The van der Waals surface area contributed by atoms with E-state index in [1.165, 1.54) is 0 Å². The number of rotatable bonds is 3. The minimum Gasteiger partial charge on any atom is -0.453 e. The van der Waals surface area contributed by atoms with Gasteiger partial charge < -0.3 is 4.42 Å². The molecule has 1 aromatic heterocycles. The van der Waals surface area contributed by atoms with E-state index in [4.69, 9.17) is 23.2 Å². The third kappa shape index (κ3) is 2.88. The Morgan fingerprint density at radius 2 is 1.52 bits per heavy atom. The fraction of sp³-hybridized carbons (Fsp3) is 0.250. The minimum atomic E-state index is -6.02. The lowest BCUT2D eigenvalue weighted by molar-refractivity contribution is -0.291. The molecule has 0 bridgehead atoms. The molecule has 2 aromatic rings. The van der Waals surface area contributed by atoms with E-state index >= 15 is 0 Å². The molecular weight excluding hydrogens is 396 g/mol. The SMILES string of the molecule is O=c1cc(C(F)(F)C(F)(F)C(F)(F)Cl)oc2c(Cl)cc(Cl)cc12. The van der Waals surface area contributed by atoms with E-state index in [-0.39, 0.29) is 16.5 Å². The van der Waals surface area contributed by atoms with E-state index in [0.717, 1.165) is 12.1 Å². The summed E-state index contributed by atoms with van der Waals surface area (Å²) in [5, 5.41) is -6.47. The van der Waals surface area contributed by atoms with Crippen LogP contribution < -0.4 is 5.43 Å². The van der Waals surface area contributed by atoms with Crippen molar-refractivity contribution in [3.8, 4) is 0 Å². The molecule has 0 amide bonds. The number of halogens is 9. The lowest BCUT2D eigenvalue weighted by atomic mass is 10.1. The van der Waals surface area contributed by atoms with Gasteiger partial charge in [-0.3, -0.25) is 4.79 Å². The van der Waals surface area contributed by atoms with Gasteiger partial charge in [0.15, 0.2) is 16.8 Å². The highest BCUT2D eigenvalue weighted by atomic mass is 35.5. The van der Waals surface area contributed by atoms with Crippen molar-refractivity contribution >= 4 is 45.8 Å². The Morgan fingerprint density at radius 3 is 2.04 bits per heavy atom. The van der Waals surface area contributed by atoms with Gasteiger partial charge >= 0.3 is 17.2 Å². The van der Waals surface area contributed by atoms with Crippen molar-refractivity contribution in [2.24, 2.45) is 0 Å². The highest BCUT2D eigenvalue weighted by Crippen LogP contribution is 2.53. The Morgan fingerprint density at radius 1 is 0.957 bits per heavy atom. The van der Waals surface area contributed by atoms with E-state index in [1.54, 1.807) is 0 Å². The van der Waals surface area contributed by atoms with Crippen molar-refractivity contribution in [1.29, 1.82) is 0 Å². The number of hydrogen-bond donors (Lipinski definition) is 0. The molecule has 0 fully saturated rings. The van der Waals surface area contributed by atoms with Gasteiger partial charge in [-0.1, -0.05) is 23.2 Å².